The molecule has 132 valence electrons. The number of methoxy groups -OCH3 is 1. The predicted molar refractivity (Wildman–Crippen MR) is 95.2 cm³/mol. The first-order chi connectivity index (χ1) is 11.8. The Hall–Kier alpha value is -1.95. The van der Waals surface area contributed by atoms with Crippen molar-refractivity contribution in [3.05, 3.63) is 63.6 Å². The van der Waals surface area contributed by atoms with Crippen molar-refractivity contribution in [1.82, 2.24) is 4.90 Å². The van der Waals surface area contributed by atoms with Crippen LogP contribution >= 0.6 is 15.9 Å². The minimum atomic E-state index is -2.90. The Morgan fingerprint density at radius 1 is 1.28 bits per heavy atom. The van der Waals surface area contributed by atoms with Crippen LogP contribution in [0, 0.1) is 6.92 Å². The fourth-order valence-electron chi connectivity index (χ4n) is 3.16. The van der Waals surface area contributed by atoms with Gasteiger partial charge in [0.2, 0.25) is 0 Å². The van der Waals surface area contributed by atoms with Crippen LogP contribution in [0.4, 0.5) is 8.78 Å². The fraction of sp³-hybridized carbons (Fsp3) is 0.316. The highest BCUT2D eigenvalue weighted by Gasteiger charge is 2.47. The maximum absolute atomic E-state index is 14.1. The third-order valence-electron chi connectivity index (χ3n) is 4.36. The summed E-state index contributed by atoms with van der Waals surface area (Å²) in [6, 6.07) is 11.6. The lowest BCUT2D eigenvalue weighted by molar-refractivity contribution is 0.0118. The Bertz CT molecular complexity index is 810. The van der Waals surface area contributed by atoms with E-state index in [-0.39, 0.29) is 6.42 Å². The zero-order chi connectivity index (χ0) is 18.2. The van der Waals surface area contributed by atoms with E-state index in [2.05, 4.69) is 15.9 Å². The van der Waals surface area contributed by atoms with Crippen molar-refractivity contribution >= 4 is 21.8 Å². The summed E-state index contributed by atoms with van der Waals surface area (Å²) in [5.74, 6) is -2.83. The molecule has 0 aliphatic carbocycles. The quantitative estimate of drug-likeness (QED) is 0.714. The molecule has 1 heterocycles. The van der Waals surface area contributed by atoms with Gasteiger partial charge in [-0.15, -0.1) is 0 Å². The molecule has 0 bridgehead atoms. The molecular formula is C19H18BrF2NO2. The lowest BCUT2D eigenvalue weighted by Gasteiger charge is -2.25. The Morgan fingerprint density at radius 3 is 2.72 bits per heavy atom. The monoisotopic (exact) mass is 409 g/mol. The van der Waals surface area contributed by atoms with Gasteiger partial charge in [-0.25, -0.2) is 8.78 Å². The molecule has 1 unspecified atom stereocenters. The number of ether oxygens (including phenoxy) is 1. The third-order valence-corrected chi connectivity index (χ3v) is 5.01. The summed E-state index contributed by atoms with van der Waals surface area (Å²) in [4.78, 5) is 14.2. The average Bonchev–Trinajstić information content (AvgIpc) is 2.90. The predicted octanol–water partition coefficient (Wildman–Crippen LogP) is 4.99. The lowest BCUT2D eigenvalue weighted by atomic mass is 10.0. The molecule has 0 N–H and O–H groups in total. The van der Waals surface area contributed by atoms with Gasteiger partial charge >= 0.3 is 0 Å². The number of likely N-dealkylation sites (tertiary alicyclic amines) is 1. The molecule has 3 rings (SSSR count). The summed E-state index contributed by atoms with van der Waals surface area (Å²) >= 11 is 3.33. The molecule has 0 radical (unpaired) electrons. The first-order valence-corrected chi connectivity index (χ1v) is 8.69. The third kappa shape index (κ3) is 3.68. The highest BCUT2D eigenvalue weighted by Crippen LogP contribution is 2.42. The van der Waals surface area contributed by atoms with E-state index in [0.29, 0.717) is 15.8 Å². The summed E-state index contributed by atoms with van der Waals surface area (Å²) in [5.41, 5.74) is 2.04. The van der Waals surface area contributed by atoms with E-state index in [1.165, 1.54) is 12.0 Å². The van der Waals surface area contributed by atoms with Crippen LogP contribution in [0.2, 0.25) is 0 Å². The zero-order valence-electron chi connectivity index (χ0n) is 13.9. The molecule has 1 amide bonds. The molecule has 1 saturated heterocycles. The van der Waals surface area contributed by atoms with Crippen LogP contribution in [-0.2, 0) is 0 Å². The molecule has 0 saturated carbocycles. The van der Waals surface area contributed by atoms with Gasteiger partial charge in [0.1, 0.15) is 5.75 Å². The van der Waals surface area contributed by atoms with Crippen LogP contribution in [0.3, 0.4) is 0 Å². The SMILES string of the molecule is COc1cc(C(=O)N2CC(F)(F)CC2c2cccc(C)c2)ccc1Br. The smallest absolute Gasteiger partial charge is 0.267 e. The number of amides is 1. The van der Waals surface area contributed by atoms with Gasteiger partial charge in [0.25, 0.3) is 11.8 Å². The van der Waals surface area contributed by atoms with Gasteiger partial charge in [-0.3, -0.25) is 4.79 Å². The molecule has 6 heteroatoms. The van der Waals surface area contributed by atoms with Gasteiger partial charge in [0.15, 0.2) is 0 Å². The highest BCUT2D eigenvalue weighted by molar-refractivity contribution is 9.10. The van der Waals surface area contributed by atoms with Crippen molar-refractivity contribution in [2.75, 3.05) is 13.7 Å². The van der Waals surface area contributed by atoms with Crippen LogP contribution in [0.15, 0.2) is 46.9 Å². The molecule has 0 aromatic heterocycles. The number of hydrogen-bond acceptors (Lipinski definition) is 2. The van der Waals surface area contributed by atoms with Crippen molar-refractivity contribution in [1.29, 1.82) is 0 Å². The number of alkyl halides is 2. The standard InChI is InChI=1S/C19H18BrF2NO2/c1-12-4-3-5-13(8-12)16-10-19(21,22)11-23(16)18(24)14-6-7-15(20)17(9-14)25-2/h3-9,16H,10-11H2,1-2H3. The average molecular weight is 410 g/mol. The van der Waals surface area contributed by atoms with E-state index in [0.717, 1.165) is 11.1 Å². The minimum Gasteiger partial charge on any atom is -0.496 e. The minimum absolute atomic E-state index is 0.329. The highest BCUT2D eigenvalue weighted by atomic mass is 79.9. The lowest BCUT2D eigenvalue weighted by Crippen LogP contribution is -2.33. The normalized spacial score (nSPS) is 19.1. The second-order valence-electron chi connectivity index (χ2n) is 6.27. The molecule has 25 heavy (non-hydrogen) atoms. The van der Waals surface area contributed by atoms with Crippen molar-refractivity contribution in [3.63, 3.8) is 0 Å². The Balaban J connectivity index is 1.96. The van der Waals surface area contributed by atoms with Crippen LogP contribution in [0.1, 0.15) is 33.9 Å². The van der Waals surface area contributed by atoms with E-state index < -0.39 is 24.4 Å². The second kappa shape index (κ2) is 6.75. The number of nitrogens with zero attached hydrogens (tertiary/aromatic N) is 1. The first-order valence-electron chi connectivity index (χ1n) is 7.89. The van der Waals surface area contributed by atoms with Gasteiger partial charge in [0, 0.05) is 12.0 Å². The van der Waals surface area contributed by atoms with Crippen molar-refractivity contribution in [3.8, 4) is 5.75 Å². The summed E-state index contributed by atoms with van der Waals surface area (Å²) in [7, 11) is 1.49. The van der Waals surface area contributed by atoms with Crippen LogP contribution in [-0.4, -0.2) is 30.4 Å². The van der Waals surface area contributed by atoms with Gasteiger partial charge in [-0.2, -0.15) is 0 Å². The number of carbonyl (C=O) groups excluding carboxylic acids is 1. The maximum atomic E-state index is 14.1. The Labute approximate surface area is 153 Å². The number of hydrogen-bond donors (Lipinski definition) is 0. The molecule has 1 atom stereocenters. The largest absolute Gasteiger partial charge is 0.496 e. The number of halogens is 3. The first kappa shape index (κ1) is 17.9. The van der Waals surface area contributed by atoms with Crippen molar-refractivity contribution in [2.24, 2.45) is 0 Å². The number of benzene rings is 2. The van der Waals surface area contributed by atoms with Gasteiger partial charge in [-0.1, -0.05) is 29.8 Å². The van der Waals surface area contributed by atoms with Crippen LogP contribution < -0.4 is 4.74 Å². The topological polar surface area (TPSA) is 29.5 Å². The molecule has 1 aliphatic rings. The van der Waals surface area contributed by atoms with Crippen molar-refractivity contribution in [2.45, 2.75) is 25.3 Å². The molecule has 1 aliphatic heterocycles. The van der Waals surface area contributed by atoms with Crippen molar-refractivity contribution < 1.29 is 18.3 Å². The van der Waals surface area contributed by atoms with E-state index in [1.807, 2.05) is 25.1 Å². The number of rotatable bonds is 3. The molecular weight excluding hydrogens is 392 g/mol. The van der Waals surface area contributed by atoms with Gasteiger partial charge in [0.05, 0.1) is 24.2 Å². The Morgan fingerprint density at radius 2 is 2.04 bits per heavy atom. The van der Waals surface area contributed by atoms with Crippen LogP contribution in [0.25, 0.3) is 0 Å². The summed E-state index contributed by atoms with van der Waals surface area (Å²) in [6.45, 7) is 1.32. The summed E-state index contributed by atoms with van der Waals surface area (Å²) in [5, 5.41) is 0. The molecule has 1 fully saturated rings. The molecule has 3 nitrogen and oxygen atoms in total. The zero-order valence-corrected chi connectivity index (χ0v) is 15.5. The Kier molecular flexibility index (Phi) is 4.82. The molecule has 2 aromatic carbocycles. The van der Waals surface area contributed by atoms with E-state index in [9.17, 15) is 13.6 Å². The molecule has 2 aromatic rings. The van der Waals surface area contributed by atoms with E-state index in [4.69, 9.17) is 4.74 Å². The number of aryl methyl sites for hydroxylation is 1. The van der Waals surface area contributed by atoms with Crippen LogP contribution in [0.5, 0.6) is 5.75 Å². The van der Waals surface area contributed by atoms with E-state index >= 15 is 0 Å². The van der Waals surface area contributed by atoms with Gasteiger partial charge in [-0.05, 0) is 46.6 Å². The van der Waals surface area contributed by atoms with E-state index in [1.54, 1.807) is 24.3 Å². The maximum Gasteiger partial charge on any atom is 0.267 e. The summed E-state index contributed by atoms with van der Waals surface area (Å²) in [6.07, 6.45) is -0.365. The number of carbonyl (C=O) groups is 1. The fourth-order valence-corrected chi connectivity index (χ4v) is 3.57. The molecule has 0 spiro atoms. The van der Waals surface area contributed by atoms with Gasteiger partial charge < -0.3 is 9.64 Å². The second-order valence-corrected chi connectivity index (χ2v) is 7.13. The summed E-state index contributed by atoms with van der Waals surface area (Å²) < 4.78 is 34.1.